The van der Waals surface area contributed by atoms with E-state index in [0.29, 0.717) is 13.1 Å². The number of hydrogen-bond acceptors (Lipinski definition) is 3. The van der Waals surface area contributed by atoms with Crippen LogP contribution in [0, 0.1) is 5.82 Å². The minimum atomic E-state index is -0.211. The van der Waals surface area contributed by atoms with E-state index in [1.165, 1.54) is 11.6 Å². The highest BCUT2D eigenvalue weighted by Gasteiger charge is 2.15. The number of nitrogens with zero attached hydrogens (tertiary/aromatic N) is 2. The lowest BCUT2D eigenvalue weighted by molar-refractivity contribution is 0.297. The van der Waals surface area contributed by atoms with Crippen LogP contribution in [0.3, 0.4) is 0 Å². The van der Waals surface area contributed by atoms with E-state index < -0.39 is 0 Å². The fourth-order valence-corrected chi connectivity index (χ4v) is 3.06. The Balaban J connectivity index is 2.03. The molecule has 0 aliphatic carbocycles. The second kappa shape index (κ2) is 9.39. The molecule has 1 heterocycles. The second-order valence-corrected chi connectivity index (χ2v) is 6.52. The lowest BCUT2D eigenvalue weighted by Gasteiger charge is -2.26. The SMILES string of the molecule is CCNC(=NCc1ccsc1)NCC(c1cccc(F)c1)N(C)C. The van der Waals surface area contributed by atoms with Gasteiger partial charge in [-0.15, -0.1) is 0 Å². The lowest BCUT2D eigenvalue weighted by Crippen LogP contribution is -2.41. The van der Waals surface area contributed by atoms with Gasteiger partial charge in [-0.1, -0.05) is 12.1 Å². The van der Waals surface area contributed by atoms with E-state index in [-0.39, 0.29) is 11.9 Å². The molecule has 0 bridgehead atoms. The van der Waals surface area contributed by atoms with E-state index in [9.17, 15) is 4.39 Å². The number of halogens is 1. The van der Waals surface area contributed by atoms with Crippen molar-refractivity contribution in [1.29, 1.82) is 0 Å². The number of likely N-dealkylation sites (N-methyl/N-ethyl adjacent to an activating group) is 1. The van der Waals surface area contributed by atoms with Gasteiger partial charge in [-0.05, 0) is 61.1 Å². The van der Waals surface area contributed by atoms with E-state index in [1.807, 2.05) is 27.1 Å². The average Bonchev–Trinajstić information content (AvgIpc) is 3.06. The van der Waals surface area contributed by atoms with Gasteiger partial charge < -0.3 is 15.5 Å². The van der Waals surface area contributed by atoms with Gasteiger partial charge in [0, 0.05) is 13.1 Å². The standard InChI is InChI=1S/C18H25FN4S/c1-4-20-18(21-11-14-8-9-24-13-14)22-12-17(23(2)3)15-6-5-7-16(19)10-15/h5-10,13,17H,4,11-12H2,1-3H3,(H2,20,21,22). The quantitative estimate of drug-likeness (QED) is 0.596. The Labute approximate surface area is 147 Å². The molecule has 1 unspecified atom stereocenters. The number of aliphatic imine (C=N–C) groups is 1. The van der Waals surface area contributed by atoms with Crippen LogP contribution in [0.4, 0.5) is 4.39 Å². The van der Waals surface area contributed by atoms with E-state index >= 15 is 0 Å². The fraction of sp³-hybridized carbons (Fsp3) is 0.389. The number of benzene rings is 1. The molecule has 6 heteroatoms. The summed E-state index contributed by atoms with van der Waals surface area (Å²) in [5.74, 6) is 0.560. The van der Waals surface area contributed by atoms with Crippen LogP contribution in [-0.2, 0) is 6.54 Å². The zero-order valence-electron chi connectivity index (χ0n) is 14.4. The molecule has 1 aromatic heterocycles. The Bertz CT molecular complexity index is 640. The summed E-state index contributed by atoms with van der Waals surface area (Å²) in [5.41, 5.74) is 2.15. The summed E-state index contributed by atoms with van der Waals surface area (Å²) < 4.78 is 13.5. The number of rotatable bonds is 7. The number of hydrogen-bond donors (Lipinski definition) is 2. The van der Waals surface area contributed by atoms with Gasteiger partial charge >= 0.3 is 0 Å². The van der Waals surface area contributed by atoms with Crippen LogP contribution in [0.2, 0.25) is 0 Å². The van der Waals surface area contributed by atoms with Gasteiger partial charge in [0.1, 0.15) is 5.82 Å². The first-order chi connectivity index (χ1) is 11.6. The molecule has 0 saturated heterocycles. The predicted octanol–water partition coefficient (Wildman–Crippen LogP) is 3.25. The minimum absolute atomic E-state index is 0.0608. The molecule has 0 radical (unpaired) electrons. The zero-order valence-corrected chi connectivity index (χ0v) is 15.2. The Morgan fingerprint density at radius 3 is 2.75 bits per heavy atom. The van der Waals surface area contributed by atoms with Gasteiger partial charge in [0.15, 0.2) is 5.96 Å². The van der Waals surface area contributed by atoms with Crippen LogP contribution < -0.4 is 10.6 Å². The average molecular weight is 348 g/mol. The first-order valence-corrected chi connectivity index (χ1v) is 8.99. The van der Waals surface area contributed by atoms with Crippen molar-refractivity contribution in [3.8, 4) is 0 Å². The Morgan fingerprint density at radius 1 is 1.29 bits per heavy atom. The smallest absolute Gasteiger partial charge is 0.191 e. The third-order valence-corrected chi connectivity index (χ3v) is 4.40. The van der Waals surface area contributed by atoms with Crippen LogP contribution in [0.15, 0.2) is 46.1 Å². The Hall–Kier alpha value is -1.92. The predicted molar refractivity (Wildman–Crippen MR) is 100.0 cm³/mol. The molecule has 4 nitrogen and oxygen atoms in total. The Morgan fingerprint density at radius 2 is 2.12 bits per heavy atom. The van der Waals surface area contributed by atoms with Crippen molar-refractivity contribution in [2.24, 2.45) is 4.99 Å². The summed E-state index contributed by atoms with van der Waals surface area (Å²) in [5, 5.41) is 10.8. The fourth-order valence-electron chi connectivity index (χ4n) is 2.40. The monoisotopic (exact) mass is 348 g/mol. The maximum Gasteiger partial charge on any atom is 0.191 e. The molecule has 0 aliphatic heterocycles. The molecular weight excluding hydrogens is 323 g/mol. The van der Waals surface area contributed by atoms with Crippen molar-refractivity contribution >= 4 is 17.3 Å². The molecule has 2 aromatic rings. The summed E-state index contributed by atoms with van der Waals surface area (Å²) in [7, 11) is 3.99. The molecule has 0 amide bonds. The van der Waals surface area contributed by atoms with Gasteiger partial charge in [0.05, 0.1) is 12.6 Å². The first kappa shape index (κ1) is 18.4. The minimum Gasteiger partial charge on any atom is -0.357 e. The maximum atomic E-state index is 13.5. The van der Waals surface area contributed by atoms with Crippen LogP contribution in [0.25, 0.3) is 0 Å². The highest BCUT2D eigenvalue weighted by atomic mass is 32.1. The van der Waals surface area contributed by atoms with Crippen LogP contribution >= 0.6 is 11.3 Å². The topological polar surface area (TPSA) is 39.7 Å². The van der Waals surface area contributed by atoms with E-state index in [2.05, 4.69) is 37.4 Å². The third-order valence-electron chi connectivity index (χ3n) is 3.66. The maximum absolute atomic E-state index is 13.5. The Kier molecular flexibility index (Phi) is 7.21. The third kappa shape index (κ3) is 5.62. The van der Waals surface area contributed by atoms with Crippen molar-refractivity contribution in [3.05, 3.63) is 58.0 Å². The molecule has 0 spiro atoms. The highest BCUT2D eigenvalue weighted by Crippen LogP contribution is 2.18. The molecule has 2 N–H and O–H groups in total. The molecule has 0 fully saturated rings. The van der Waals surface area contributed by atoms with E-state index in [4.69, 9.17) is 0 Å². The molecule has 1 aromatic carbocycles. The molecule has 130 valence electrons. The lowest BCUT2D eigenvalue weighted by atomic mass is 10.1. The van der Waals surface area contributed by atoms with Gasteiger partial charge in [0.2, 0.25) is 0 Å². The van der Waals surface area contributed by atoms with Crippen molar-refractivity contribution in [1.82, 2.24) is 15.5 Å². The summed E-state index contributed by atoms with van der Waals surface area (Å²) in [4.78, 5) is 6.68. The van der Waals surface area contributed by atoms with Crippen molar-refractivity contribution in [2.45, 2.75) is 19.5 Å². The van der Waals surface area contributed by atoms with Crippen molar-refractivity contribution in [2.75, 3.05) is 27.2 Å². The molecule has 2 rings (SSSR count). The summed E-state index contributed by atoms with van der Waals surface area (Å²) in [6, 6.07) is 8.89. The summed E-state index contributed by atoms with van der Waals surface area (Å²) >= 11 is 1.67. The van der Waals surface area contributed by atoms with Crippen LogP contribution in [0.1, 0.15) is 24.1 Å². The zero-order chi connectivity index (χ0) is 17.4. The molecule has 0 aliphatic rings. The van der Waals surface area contributed by atoms with Crippen molar-refractivity contribution < 1.29 is 4.39 Å². The van der Waals surface area contributed by atoms with Crippen LogP contribution in [-0.4, -0.2) is 38.0 Å². The number of nitrogens with one attached hydrogen (secondary N) is 2. The molecule has 24 heavy (non-hydrogen) atoms. The largest absolute Gasteiger partial charge is 0.357 e. The molecule has 1 atom stereocenters. The summed E-state index contributed by atoms with van der Waals surface area (Å²) in [6.07, 6.45) is 0. The van der Waals surface area contributed by atoms with Gasteiger partial charge in [-0.3, -0.25) is 0 Å². The van der Waals surface area contributed by atoms with Gasteiger partial charge in [0.25, 0.3) is 0 Å². The molecule has 0 saturated carbocycles. The number of guanidine groups is 1. The van der Waals surface area contributed by atoms with Gasteiger partial charge in [-0.25, -0.2) is 9.38 Å². The van der Waals surface area contributed by atoms with E-state index in [1.54, 1.807) is 23.5 Å². The van der Waals surface area contributed by atoms with Gasteiger partial charge in [-0.2, -0.15) is 11.3 Å². The van der Waals surface area contributed by atoms with E-state index in [0.717, 1.165) is 18.1 Å². The second-order valence-electron chi connectivity index (χ2n) is 5.74. The number of thiophene rings is 1. The molecular formula is C18H25FN4S. The normalized spacial score (nSPS) is 13.1. The highest BCUT2D eigenvalue weighted by molar-refractivity contribution is 7.07. The summed E-state index contributed by atoms with van der Waals surface area (Å²) in [6.45, 7) is 4.12. The van der Waals surface area contributed by atoms with Crippen molar-refractivity contribution in [3.63, 3.8) is 0 Å². The van der Waals surface area contributed by atoms with Crippen LogP contribution in [0.5, 0.6) is 0 Å². The first-order valence-electron chi connectivity index (χ1n) is 8.05.